The summed E-state index contributed by atoms with van der Waals surface area (Å²) in [5.41, 5.74) is 11.3. The van der Waals surface area contributed by atoms with E-state index >= 15 is 0 Å². The van der Waals surface area contributed by atoms with Crippen molar-refractivity contribution < 1.29 is 19.8 Å². The van der Waals surface area contributed by atoms with Crippen LogP contribution in [0.5, 0.6) is 0 Å². The van der Waals surface area contributed by atoms with Gasteiger partial charge >= 0.3 is 11.9 Å². The zero-order valence-corrected chi connectivity index (χ0v) is 14.4. The Kier molecular flexibility index (Phi) is 7.02. The van der Waals surface area contributed by atoms with E-state index in [0.717, 1.165) is 32.1 Å². The Labute approximate surface area is 138 Å². The molecule has 6 nitrogen and oxygen atoms in total. The predicted octanol–water partition coefficient (Wildman–Crippen LogP) is 2.06. The maximum absolute atomic E-state index is 10.7. The Balaban J connectivity index is 0.000000231. The highest BCUT2D eigenvalue weighted by Crippen LogP contribution is 2.53. The Morgan fingerprint density at radius 3 is 1.65 bits per heavy atom. The van der Waals surface area contributed by atoms with Crippen LogP contribution in [0.1, 0.15) is 58.8 Å². The van der Waals surface area contributed by atoms with Crippen LogP contribution in [0.25, 0.3) is 0 Å². The third-order valence-electron chi connectivity index (χ3n) is 5.50. The van der Waals surface area contributed by atoms with Crippen molar-refractivity contribution in [2.24, 2.45) is 34.1 Å². The summed E-state index contributed by atoms with van der Waals surface area (Å²) in [6.45, 7) is 4.79. The molecule has 0 bridgehead atoms. The lowest BCUT2D eigenvalue weighted by atomic mass is 9.90. The third kappa shape index (κ3) is 6.47. The standard InChI is InChI=1S/C9H17NO2.C8H15NO2/c1-2-9(3-4-9)5-7(6-10)8(11)12;1-8(2-3-8)4-6(5-9)7(10)11/h7H,2-6,10H2,1H3,(H,11,12);6H,2-5,9H2,1H3,(H,10,11). The quantitative estimate of drug-likeness (QED) is 0.513. The first-order valence-corrected chi connectivity index (χ1v) is 8.56. The number of carboxylic acid groups (broad SMARTS) is 2. The van der Waals surface area contributed by atoms with E-state index in [4.69, 9.17) is 21.7 Å². The summed E-state index contributed by atoms with van der Waals surface area (Å²) in [6.07, 6.45) is 7.32. The van der Waals surface area contributed by atoms with Crippen molar-refractivity contribution >= 4 is 11.9 Å². The van der Waals surface area contributed by atoms with E-state index in [-0.39, 0.29) is 24.9 Å². The van der Waals surface area contributed by atoms with Crippen LogP contribution in [0.3, 0.4) is 0 Å². The molecule has 2 saturated carbocycles. The van der Waals surface area contributed by atoms with Gasteiger partial charge in [0.2, 0.25) is 0 Å². The van der Waals surface area contributed by atoms with Crippen molar-refractivity contribution in [1.82, 2.24) is 0 Å². The zero-order valence-electron chi connectivity index (χ0n) is 14.4. The van der Waals surface area contributed by atoms with Gasteiger partial charge in [-0.2, -0.15) is 0 Å². The van der Waals surface area contributed by atoms with E-state index in [9.17, 15) is 9.59 Å². The Morgan fingerprint density at radius 2 is 1.39 bits per heavy atom. The van der Waals surface area contributed by atoms with E-state index in [1.54, 1.807) is 0 Å². The molecule has 2 aliphatic rings. The van der Waals surface area contributed by atoms with Gasteiger partial charge < -0.3 is 21.7 Å². The van der Waals surface area contributed by atoms with Crippen LogP contribution < -0.4 is 11.5 Å². The summed E-state index contributed by atoms with van der Waals surface area (Å²) >= 11 is 0. The minimum atomic E-state index is -0.749. The molecule has 0 aromatic heterocycles. The Morgan fingerprint density at radius 1 is 0.957 bits per heavy atom. The summed E-state index contributed by atoms with van der Waals surface area (Å²) in [7, 11) is 0. The molecule has 0 amide bonds. The minimum absolute atomic E-state index is 0.269. The minimum Gasteiger partial charge on any atom is -0.481 e. The van der Waals surface area contributed by atoms with Gasteiger partial charge in [-0.05, 0) is 49.4 Å². The van der Waals surface area contributed by atoms with Crippen LogP contribution in [-0.4, -0.2) is 35.2 Å². The second-order valence-corrected chi connectivity index (χ2v) is 7.61. The van der Waals surface area contributed by atoms with E-state index in [0.29, 0.717) is 10.8 Å². The van der Waals surface area contributed by atoms with Crippen molar-refractivity contribution in [3.63, 3.8) is 0 Å². The highest BCUT2D eigenvalue weighted by Gasteiger charge is 2.43. The van der Waals surface area contributed by atoms with Crippen LogP contribution in [0.15, 0.2) is 0 Å². The maximum Gasteiger partial charge on any atom is 0.307 e. The molecule has 0 aliphatic heterocycles. The number of rotatable bonds is 9. The first-order valence-electron chi connectivity index (χ1n) is 8.56. The molecule has 6 N–H and O–H groups in total. The number of hydrogen-bond donors (Lipinski definition) is 4. The van der Waals surface area contributed by atoms with Crippen molar-refractivity contribution in [1.29, 1.82) is 0 Å². The zero-order chi connectivity index (χ0) is 17.7. The van der Waals surface area contributed by atoms with Gasteiger partial charge in [0.25, 0.3) is 0 Å². The second kappa shape index (κ2) is 8.11. The van der Waals surface area contributed by atoms with Crippen molar-refractivity contribution in [2.75, 3.05) is 13.1 Å². The molecule has 0 radical (unpaired) electrons. The van der Waals surface area contributed by atoms with Gasteiger partial charge in [0, 0.05) is 13.1 Å². The average molecular weight is 328 g/mol. The van der Waals surface area contributed by atoms with Gasteiger partial charge in [-0.3, -0.25) is 9.59 Å². The summed E-state index contributed by atoms with van der Waals surface area (Å²) in [4.78, 5) is 21.2. The monoisotopic (exact) mass is 328 g/mol. The topological polar surface area (TPSA) is 127 Å². The molecule has 6 heteroatoms. The normalized spacial score (nSPS) is 22.3. The van der Waals surface area contributed by atoms with Crippen LogP contribution in [0.4, 0.5) is 0 Å². The fourth-order valence-electron chi connectivity index (χ4n) is 2.96. The third-order valence-corrected chi connectivity index (χ3v) is 5.50. The van der Waals surface area contributed by atoms with Gasteiger partial charge in [0.1, 0.15) is 0 Å². The molecule has 2 fully saturated rings. The fraction of sp³-hybridized carbons (Fsp3) is 0.882. The Bertz CT molecular complexity index is 417. The summed E-state index contributed by atoms with van der Waals surface area (Å²) in [5.74, 6) is -2.15. The molecule has 0 heterocycles. The molecular weight excluding hydrogens is 296 g/mol. The summed E-state index contributed by atoms with van der Waals surface area (Å²) in [5, 5.41) is 17.5. The molecule has 23 heavy (non-hydrogen) atoms. The molecule has 0 spiro atoms. The molecular formula is C17H32N2O4. The van der Waals surface area contributed by atoms with Gasteiger partial charge in [0.05, 0.1) is 11.8 Å². The summed E-state index contributed by atoms with van der Waals surface area (Å²) in [6, 6.07) is 0. The van der Waals surface area contributed by atoms with Gasteiger partial charge in [-0.15, -0.1) is 0 Å². The molecule has 134 valence electrons. The van der Waals surface area contributed by atoms with Crippen LogP contribution in [-0.2, 0) is 9.59 Å². The lowest BCUT2D eigenvalue weighted by Gasteiger charge is -2.16. The number of carbonyl (C=O) groups is 2. The molecule has 2 rings (SSSR count). The highest BCUT2D eigenvalue weighted by molar-refractivity contribution is 5.70. The second-order valence-electron chi connectivity index (χ2n) is 7.61. The van der Waals surface area contributed by atoms with Crippen LogP contribution >= 0.6 is 0 Å². The van der Waals surface area contributed by atoms with E-state index in [1.165, 1.54) is 12.8 Å². The molecule has 0 saturated heterocycles. The molecule has 0 aromatic carbocycles. The lowest BCUT2D eigenvalue weighted by molar-refractivity contribution is -0.143. The first kappa shape index (κ1) is 19.9. The summed E-state index contributed by atoms with van der Waals surface area (Å²) < 4.78 is 0. The van der Waals surface area contributed by atoms with Crippen LogP contribution in [0.2, 0.25) is 0 Å². The maximum atomic E-state index is 10.7. The predicted molar refractivity (Wildman–Crippen MR) is 88.9 cm³/mol. The van der Waals surface area contributed by atoms with Crippen molar-refractivity contribution in [3.05, 3.63) is 0 Å². The lowest BCUT2D eigenvalue weighted by Crippen LogP contribution is -2.26. The van der Waals surface area contributed by atoms with Crippen molar-refractivity contribution in [2.45, 2.75) is 58.8 Å². The van der Waals surface area contributed by atoms with Crippen LogP contribution in [0, 0.1) is 22.7 Å². The number of nitrogens with two attached hydrogens (primary N) is 2. The Hall–Kier alpha value is -1.14. The number of carboxylic acids is 2. The van der Waals surface area contributed by atoms with Gasteiger partial charge in [-0.1, -0.05) is 20.3 Å². The fourth-order valence-corrected chi connectivity index (χ4v) is 2.96. The largest absolute Gasteiger partial charge is 0.481 e. The molecule has 2 unspecified atom stereocenters. The van der Waals surface area contributed by atoms with Crippen molar-refractivity contribution in [3.8, 4) is 0 Å². The smallest absolute Gasteiger partial charge is 0.307 e. The number of hydrogen-bond acceptors (Lipinski definition) is 4. The van der Waals surface area contributed by atoms with E-state index in [1.807, 2.05) is 0 Å². The molecule has 2 aliphatic carbocycles. The SMILES string of the molecule is CC1(CC(CN)C(=O)O)CC1.CCC1(CC(CN)C(=O)O)CC1. The van der Waals surface area contributed by atoms with Gasteiger partial charge in [-0.25, -0.2) is 0 Å². The highest BCUT2D eigenvalue weighted by atomic mass is 16.4. The first-order chi connectivity index (χ1) is 10.7. The molecule has 0 aromatic rings. The van der Waals surface area contributed by atoms with E-state index in [2.05, 4.69) is 13.8 Å². The molecule has 2 atom stereocenters. The van der Waals surface area contributed by atoms with Gasteiger partial charge in [0.15, 0.2) is 0 Å². The average Bonchev–Trinajstić information content (AvgIpc) is 3.41. The van der Waals surface area contributed by atoms with E-state index < -0.39 is 11.9 Å². The number of aliphatic carboxylic acids is 2.